The fourth-order valence-electron chi connectivity index (χ4n) is 3.52. The zero-order valence-electron chi connectivity index (χ0n) is 14.6. The highest BCUT2D eigenvalue weighted by Crippen LogP contribution is 2.22. The number of carbonyl (C=O) groups is 2. The quantitative estimate of drug-likeness (QED) is 0.855. The van der Waals surface area contributed by atoms with Gasteiger partial charge in [0.2, 0.25) is 5.91 Å². The van der Waals surface area contributed by atoms with Crippen LogP contribution in [0, 0.1) is 5.92 Å². The molecule has 2 aliphatic rings. The molecule has 23 heavy (non-hydrogen) atoms. The number of carbonyl (C=O) groups excluding carboxylic acids is 2. The van der Waals surface area contributed by atoms with Gasteiger partial charge in [0.15, 0.2) is 0 Å². The highest BCUT2D eigenvalue weighted by Gasteiger charge is 2.25. The molecule has 132 valence electrons. The predicted octanol–water partition coefficient (Wildman–Crippen LogP) is 2.56. The van der Waals surface area contributed by atoms with E-state index in [1.165, 1.54) is 12.8 Å². The molecule has 0 bridgehead atoms. The van der Waals surface area contributed by atoms with Crippen molar-refractivity contribution in [3.05, 3.63) is 0 Å². The minimum atomic E-state index is 0.0774. The molecule has 0 aromatic carbocycles. The molecule has 2 atom stereocenters. The summed E-state index contributed by atoms with van der Waals surface area (Å²) in [6.07, 6.45) is 5.68. The van der Waals surface area contributed by atoms with Crippen molar-refractivity contribution in [3.8, 4) is 0 Å². The summed E-state index contributed by atoms with van der Waals surface area (Å²) < 4.78 is 0. The Bertz CT molecular complexity index is 405. The standard InChI is InChI=1S/C17H31N3O2S/c1-3-23-16-8-4-5-9-20(13-16)17(22)18-11-15-7-6-10-19(12-15)14(2)21/h15-16H,3-13H2,1-2H3,(H,18,22)/t15-,16-/m0/s1. The van der Waals surface area contributed by atoms with E-state index in [1.807, 2.05) is 21.6 Å². The first-order chi connectivity index (χ1) is 11.1. The number of hydrogen-bond acceptors (Lipinski definition) is 3. The Morgan fingerprint density at radius 2 is 1.87 bits per heavy atom. The SMILES string of the molecule is CCS[C@H]1CCCCN(C(=O)NC[C@@H]2CCCN(C(C)=O)C2)C1. The molecular weight excluding hydrogens is 310 g/mol. The largest absolute Gasteiger partial charge is 0.343 e. The van der Waals surface area contributed by atoms with E-state index in [2.05, 4.69) is 12.2 Å². The van der Waals surface area contributed by atoms with E-state index in [1.54, 1.807) is 6.92 Å². The highest BCUT2D eigenvalue weighted by molar-refractivity contribution is 7.99. The molecule has 2 heterocycles. The molecular formula is C17H31N3O2S. The first kappa shape index (κ1) is 18.4. The molecule has 5 nitrogen and oxygen atoms in total. The van der Waals surface area contributed by atoms with E-state index in [9.17, 15) is 9.59 Å². The number of nitrogens with zero attached hydrogens (tertiary/aromatic N) is 2. The summed E-state index contributed by atoms with van der Waals surface area (Å²) in [5.74, 6) is 1.65. The molecule has 0 aromatic rings. The van der Waals surface area contributed by atoms with Crippen LogP contribution in [0.1, 0.15) is 46.0 Å². The Kier molecular flexibility index (Phi) is 7.53. The van der Waals surface area contributed by atoms with Crippen LogP contribution >= 0.6 is 11.8 Å². The fraction of sp³-hybridized carbons (Fsp3) is 0.882. The Hall–Kier alpha value is -0.910. The molecule has 0 aliphatic carbocycles. The van der Waals surface area contributed by atoms with Gasteiger partial charge in [-0.1, -0.05) is 13.3 Å². The van der Waals surface area contributed by atoms with Gasteiger partial charge in [0.1, 0.15) is 0 Å². The minimum absolute atomic E-state index is 0.0774. The second-order valence-corrected chi connectivity index (χ2v) is 8.26. The molecule has 2 aliphatic heterocycles. The van der Waals surface area contributed by atoms with Crippen LogP contribution in [0.4, 0.5) is 4.79 Å². The summed E-state index contributed by atoms with van der Waals surface area (Å²) in [5.41, 5.74) is 0. The lowest BCUT2D eigenvalue weighted by molar-refractivity contribution is -0.130. The van der Waals surface area contributed by atoms with Crippen molar-refractivity contribution >= 4 is 23.7 Å². The molecule has 0 saturated carbocycles. The predicted molar refractivity (Wildman–Crippen MR) is 95.7 cm³/mol. The average molecular weight is 342 g/mol. The Morgan fingerprint density at radius 3 is 2.61 bits per heavy atom. The third-order valence-corrected chi connectivity index (χ3v) is 6.01. The van der Waals surface area contributed by atoms with Crippen LogP contribution in [0.3, 0.4) is 0 Å². The maximum Gasteiger partial charge on any atom is 0.317 e. The summed E-state index contributed by atoms with van der Waals surface area (Å²) in [4.78, 5) is 27.9. The van der Waals surface area contributed by atoms with Crippen molar-refractivity contribution < 1.29 is 9.59 Å². The lowest BCUT2D eigenvalue weighted by Crippen LogP contribution is -2.47. The summed E-state index contributed by atoms with van der Waals surface area (Å²) in [6.45, 7) is 7.88. The van der Waals surface area contributed by atoms with Crippen LogP contribution in [0.25, 0.3) is 0 Å². The summed E-state index contributed by atoms with van der Waals surface area (Å²) in [7, 11) is 0. The monoisotopic (exact) mass is 341 g/mol. The highest BCUT2D eigenvalue weighted by atomic mass is 32.2. The number of piperidine rings is 1. The van der Waals surface area contributed by atoms with E-state index in [-0.39, 0.29) is 11.9 Å². The number of rotatable bonds is 4. The molecule has 0 radical (unpaired) electrons. The minimum Gasteiger partial charge on any atom is -0.343 e. The summed E-state index contributed by atoms with van der Waals surface area (Å²) >= 11 is 1.97. The number of nitrogens with one attached hydrogen (secondary N) is 1. The van der Waals surface area contributed by atoms with Gasteiger partial charge in [0, 0.05) is 44.9 Å². The van der Waals surface area contributed by atoms with Crippen LogP contribution in [-0.2, 0) is 4.79 Å². The Morgan fingerprint density at radius 1 is 1.09 bits per heavy atom. The van der Waals surface area contributed by atoms with E-state index < -0.39 is 0 Å². The number of amides is 3. The molecule has 3 amide bonds. The Labute approximate surface area is 144 Å². The molecule has 6 heteroatoms. The number of likely N-dealkylation sites (tertiary alicyclic amines) is 2. The van der Waals surface area contributed by atoms with Crippen molar-refractivity contribution in [3.63, 3.8) is 0 Å². The van der Waals surface area contributed by atoms with Crippen LogP contribution < -0.4 is 5.32 Å². The van der Waals surface area contributed by atoms with E-state index in [0.717, 1.165) is 51.2 Å². The molecule has 2 saturated heterocycles. The van der Waals surface area contributed by atoms with Crippen LogP contribution in [0.5, 0.6) is 0 Å². The smallest absolute Gasteiger partial charge is 0.317 e. The van der Waals surface area contributed by atoms with Gasteiger partial charge < -0.3 is 15.1 Å². The molecule has 2 fully saturated rings. The maximum atomic E-state index is 12.5. The van der Waals surface area contributed by atoms with Gasteiger partial charge in [-0.05, 0) is 37.4 Å². The van der Waals surface area contributed by atoms with Gasteiger partial charge >= 0.3 is 6.03 Å². The van der Waals surface area contributed by atoms with Crippen molar-refractivity contribution in [2.75, 3.05) is 38.5 Å². The van der Waals surface area contributed by atoms with E-state index in [4.69, 9.17) is 0 Å². The molecule has 0 unspecified atom stereocenters. The second-order valence-electron chi connectivity index (χ2n) is 6.68. The number of thioether (sulfide) groups is 1. The van der Waals surface area contributed by atoms with Crippen molar-refractivity contribution in [2.24, 2.45) is 5.92 Å². The second kappa shape index (κ2) is 9.40. The summed E-state index contributed by atoms with van der Waals surface area (Å²) in [6, 6.07) is 0.0774. The maximum absolute atomic E-state index is 12.5. The normalized spacial score (nSPS) is 25.8. The topological polar surface area (TPSA) is 52.7 Å². The molecule has 1 N–H and O–H groups in total. The fourth-order valence-corrected chi connectivity index (χ4v) is 4.61. The third kappa shape index (κ3) is 5.90. The lowest BCUT2D eigenvalue weighted by atomic mass is 9.98. The first-order valence-electron chi connectivity index (χ1n) is 9.00. The van der Waals surface area contributed by atoms with E-state index >= 15 is 0 Å². The molecule has 2 rings (SSSR count). The van der Waals surface area contributed by atoms with Crippen LogP contribution in [0.2, 0.25) is 0 Å². The van der Waals surface area contributed by atoms with Crippen molar-refractivity contribution in [1.82, 2.24) is 15.1 Å². The lowest BCUT2D eigenvalue weighted by Gasteiger charge is -2.33. The Balaban J connectivity index is 1.77. The zero-order chi connectivity index (χ0) is 16.7. The van der Waals surface area contributed by atoms with Gasteiger partial charge in [-0.2, -0.15) is 11.8 Å². The average Bonchev–Trinajstić information content (AvgIpc) is 2.79. The molecule has 0 spiro atoms. The number of hydrogen-bond donors (Lipinski definition) is 1. The zero-order valence-corrected chi connectivity index (χ0v) is 15.4. The van der Waals surface area contributed by atoms with Crippen molar-refractivity contribution in [2.45, 2.75) is 51.2 Å². The van der Waals surface area contributed by atoms with Crippen molar-refractivity contribution in [1.29, 1.82) is 0 Å². The van der Waals surface area contributed by atoms with Gasteiger partial charge in [-0.15, -0.1) is 0 Å². The third-order valence-electron chi connectivity index (χ3n) is 4.82. The van der Waals surface area contributed by atoms with Gasteiger partial charge in [-0.3, -0.25) is 4.79 Å². The van der Waals surface area contributed by atoms with Crippen LogP contribution in [0.15, 0.2) is 0 Å². The van der Waals surface area contributed by atoms with Crippen LogP contribution in [-0.4, -0.2) is 65.5 Å². The van der Waals surface area contributed by atoms with E-state index in [0.29, 0.717) is 17.7 Å². The van der Waals surface area contributed by atoms with Gasteiger partial charge in [0.25, 0.3) is 0 Å². The number of urea groups is 1. The van der Waals surface area contributed by atoms with Gasteiger partial charge in [-0.25, -0.2) is 4.79 Å². The molecule has 0 aromatic heterocycles. The van der Waals surface area contributed by atoms with Gasteiger partial charge in [0.05, 0.1) is 0 Å². The summed E-state index contributed by atoms with van der Waals surface area (Å²) in [5, 5.41) is 3.69. The first-order valence-corrected chi connectivity index (χ1v) is 10.0.